The Balaban J connectivity index is 1.82. The fourth-order valence-electron chi connectivity index (χ4n) is 3.29. The Hall–Kier alpha value is -1.71. The normalized spacial score (nSPS) is 17.0. The summed E-state index contributed by atoms with van der Waals surface area (Å²) in [5.41, 5.74) is 11.6. The third-order valence-electron chi connectivity index (χ3n) is 4.56. The maximum absolute atomic E-state index is 6.09. The Bertz CT molecular complexity index is 582. The predicted octanol–water partition coefficient (Wildman–Crippen LogP) is 2.49. The highest BCUT2D eigenvalue weighted by atomic mass is 15.2. The number of nitrogens with two attached hydrogens (primary N) is 1. The van der Waals surface area contributed by atoms with Gasteiger partial charge in [-0.2, -0.15) is 0 Å². The Morgan fingerprint density at radius 1 is 1.14 bits per heavy atom. The van der Waals surface area contributed by atoms with Crippen molar-refractivity contribution in [3.8, 4) is 0 Å². The highest BCUT2D eigenvalue weighted by Gasteiger charge is 2.23. The van der Waals surface area contributed by atoms with Crippen LogP contribution in [0.5, 0.6) is 0 Å². The summed E-state index contributed by atoms with van der Waals surface area (Å²) in [5.74, 6) is 0. The second kappa shape index (κ2) is 6.37. The third kappa shape index (κ3) is 2.99. The van der Waals surface area contributed by atoms with Gasteiger partial charge < -0.3 is 5.73 Å². The zero-order valence-electron chi connectivity index (χ0n) is 12.6. The lowest BCUT2D eigenvalue weighted by molar-refractivity contribution is 0.210. The molecule has 0 saturated carbocycles. The summed E-state index contributed by atoms with van der Waals surface area (Å²) in [6.45, 7) is 4.91. The first-order valence-electron chi connectivity index (χ1n) is 7.71. The van der Waals surface area contributed by atoms with Gasteiger partial charge in [0, 0.05) is 38.1 Å². The van der Waals surface area contributed by atoms with Crippen LogP contribution in [0.4, 0.5) is 0 Å². The molecule has 0 amide bonds. The quantitative estimate of drug-likeness (QED) is 0.940. The number of aryl methyl sites for hydroxylation is 1. The lowest BCUT2D eigenvalue weighted by Gasteiger charge is -2.30. The van der Waals surface area contributed by atoms with Gasteiger partial charge in [-0.15, -0.1) is 0 Å². The van der Waals surface area contributed by atoms with E-state index in [-0.39, 0.29) is 6.04 Å². The Morgan fingerprint density at radius 3 is 2.38 bits per heavy atom. The van der Waals surface area contributed by atoms with Gasteiger partial charge in [0.05, 0.1) is 0 Å². The number of benzene rings is 1. The maximum Gasteiger partial charge on any atom is 0.0488 e. The molecule has 21 heavy (non-hydrogen) atoms. The van der Waals surface area contributed by atoms with Crippen LogP contribution in [0.1, 0.15) is 28.3 Å². The lowest BCUT2D eigenvalue weighted by Crippen LogP contribution is -2.36. The molecule has 0 spiro atoms. The van der Waals surface area contributed by atoms with Crippen LogP contribution in [0.15, 0.2) is 42.7 Å². The van der Waals surface area contributed by atoms with Crippen LogP contribution in [0, 0.1) is 6.92 Å². The molecular weight excluding hydrogens is 258 g/mol. The average molecular weight is 281 g/mol. The number of hydrogen-bond acceptors (Lipinski definition) is 3. The van der Waals surface area contributed by atoms with E-state index in [0.717, 1.165) is 25.9 Å². The van der Waals surface area contributed by atoms with Crippen molar-refractivity contribution in [2.45, 2.75) is 25.8 Å². The fourth-order valence-corrected chi connectivity index (χ4v) is 3.29. The molecule has 3 heteroatoms. The van der Waals surface area contributed by atoms with Gasteiger partial charge in [0.25, 0.3) is 0 Å². The molecule has 0 fully saturated rings. The van der Waals surface area contributed by atoms with E-state index in [9.17, 15) is 0 Å². The van der Waals surface area contributed by atoms with Gasteiger partial charge in [0.15, 0.2) is 0 Å². The zero-order valence-corrected chi connectivity index (χ0v) is 12.6. The lowest BCUT2D eigenvalue weighted by atomic mass is 10.0. The van der Waals surface area contributed by atoms with Crippen LogP contribution >= 0.6 is 0 Å². The van der Waals surface area contributed by atoms with E-state index in [1.54, 1.807) is 0 Å². The van der Waals surface area contributed by atoms with Crippen LogP contribution < -0.4 is 5.73 Å². The van der Waals surface area contributed by atoms with Gasteiger partial charge in [0.2, 0.25) is 0 Å². The Labute approximate surface area is 126 Å². The first-order valence-corrected chi connectivity index (χ1v) is 7.71. The molecule has 0 aliphatic carbocycles. The summed E-state index contributed by atoms with van der Waals surface area (Å²) in [4.78, 5) is 6.81. The number of pyridine rings is 1. The summed E-state index contributed by atoms with van der Waals surface area (Å²) < 4.78 is 0. The molecule has 1 atom stereocenters. The van der Waals surface area contributed by atoms with Crippen LogP contribution in [0.2, 0.25) is 0 Å². The molecule has 3 rings (SSSR count). The van der Waals surface area contributed by atoms with Crippen molar-refractivity contribution in [1.82, 2.24) is 9.88 Å². The predicted molar refractivity (Wildman–Crippen MR) is 86.2 cm³/mol. The van der Waals surface area contributed by atoms with E-state index in [4.69, 9.17) is 5.73 Å². The number of fused-ring (bicyclic) bond motifs is 1. The van der Waals surface area contributed by atoms with Gasteiger partial charge in [0.1, 0.15) is 0 Å². The van der Waals surface area contributed by atoms with E-state index in [1.165, 1.54) is 22.3 Å². The van der Waals surface area contributed by atoms with Crippen molar-refractivity contribution in [2.24, 2.45) is 5.73 Å². The van der Waals surface area contributed by atoms with E-state index < -0.39 is 0 Å². The summed E-state index contributed by atoms with van der Waals surface area (Å²) in [6, 6.07) is 11.1. The van der Waals surface area contributed by atoms with Crippen LogP contribution in [-0.4, -0.2) is 29.5 Å². The van der Waals surface area contributed by atoms with Gasteiger partial charge >= 0.3 is 0 Å². The standard InChI is InChI=1S/C18H23N3/c1-14-6-9-20-13-17(14)18(12-19)21-10-7-15-4-2-3-5-16(15)8-11-21/h2-6,9,13,18H,7-8,10-12,19H2,1H3. The minimum atomic E-state index is 0.271. The van der Waals surface area contributed by atoms with Gasteiger partial charge in [-0.25, -0.2) is 0 Å². The smallest absolute Gasteiger partial charge is 0.0488 e. The van der Waals surface area contributed by atoms with Crippen molar-refractivity contribution in [3.05, 3.63) is 65.0 Å². The minimum Gasteiger partial charge on any atom is -0.329 e. The summed E-state index contributed by atoms with van der Waals surface area (Å²) >= 11 is 0. The Kier molecular flexibility index (Phi) is 4.32. The molecule has 2 aromatic rings. The van der Waals surface area contributed by atoms with Crippen LogP contribution in [-0.2, 0) is 12.8 Å². The number of rotatable bonds is 3. The van der Waals surface area contributed by atoms with Gasteiger partial charge in [-0.3, -0.25) is 9.88 Å². The molecule has 1 aliphatic heterocycles. The highest BCUT2D eigenvalue weighted by molar-refractivity contribution is 5.30. The Morgan fingerprint density at radius 2 is 1.81 bits per heavy atom. The molecule has 1 aliphatic rings. The third-order valence-corrected chi connectivity index (χ3v) is 4.56. The molecule has 0 radical (unpaired) electrons. The number of nitrogens with zero attached hydrogens (tertiary/aromatic N) is 2. The summed E-state index contributed by atoms with van der Waals surface area (Å²) in [5, 5.41) is 0. The molecule has 1 aromatic heterocycles. The largest absolute Gasteiger partial charge is 0.329 e. The molecule has 1 unspecified atom stereocenters. The zero-order chi connectivity index (χ0) is 14.7. The molecular formula is C18H23N3. The van der Waals surface area contributed by atoms with Crippen LogP contribution in [0.3, 0.4) is 0 Å². The number of hydrogen-bond donors (Lipinski definition) is 1. The van der Waals surface area contributed by atoms with Crippen LogP contribution in [0.25, 0.3) is 0 Å². The SMILES string of the molecule is Cc1ccncc1C(CN)N1CCc2ccccc2CC1. The monoisotopic (exact) mass is 281 g/mol. The fraction of sp³-hybridized carbons (Fsp3) is 0.389. The van der Waals surface area contributed by atoms with E-state index in [0.29, 0.717) is 6.54 Å². The first-order chi connectivity index (χ1) is 10.3. The van der Waals surface area contributed by atoms with Crippen molar-refractivity contribution in [2.75, 3.05) is 19.6 Å². The second-order valence-electron chi connectivity index (χ2n) is 5.79. The molecule has 0 bridgehead atoms. The van der Waals surface area contributed by atoms with E-state index in [1.807, 2.05) is 12.4 Å². The van der Waals surface area contributed by atoms with Gasteiger partial charge in [-0.05, 0) is 48.1 Å². The second-order valence-corrected chi connectivity index (χ2v) is 5.79. The van der Waals surface area contributed by atoms with E-state index >= 15 is 0 Å². The average Bonchev–Trinajstić information content (AvgIpc) is 2.73. The molecule has 1 aromatic carbocycles. The first kappa shape index (κ1) is 14.2. The summed E-state index contributed by atoms with van der Waals surface area (Å²) in [7, 11) is 0. The minimum absolute atomic E-state index is 0.271. The van der Waals surface area contributed by atoms with Crippen molar-refractivity contribution < 1.29 is 0 Å². The topological polar surface area (TPSA) is 42.1 Å². The molecule has 0 saturated heterocycles. The van der Waals surface area contributed by atoms with Crippen molar-refractivity contribution in [1.29, 1.82) is 0 Å². The summed E-state index contributed by atoms with van der Waals surface area (Å²) in [6.07, 6.45) is 6.04. The van der Waals surface area contributed by atoms with Crippen molar-refractivity contribution >= 4 is 0 Å². The van der Waals surface area contributed by atoms with Gasteiger partial charge in [-0.1, -0.05) is 24.3 Å². The van der Waals surface area contributed by atoms with E-state index in [2.05, 4.69) is 47.1 Å². The molecule has 110 valence electrons. The van der Waals surface area contributed by atoms with Crippen molar-refractivity contribution in [3.63, 3.8) is 0 Å². The highest BCUT2D eigenvalue weighted by Crippen LogP contribution is 2.25. The maximum atomic E-state index is 6.09. The molecule has 2 N–H and O–H groups in total. The number of aromatic nitrogens is 1. The molecule has 2 heterocycles. The molecule has 3 nitrogen and oxygen atoms in total.